The van der Waals surface area contributed by atoms with Crippen molar-refractivity contribution in [1.29, 1.82) is 0 Å². The van der Waals surface area contributed by atoms with E-state index in [1.807, 2.05) is 6.33 Å². The van der Waals surface area contributed by atoms with Crippen molar-refractivity contribution in [1.82, 2.24) is 14.5 Å². The lowest BCUT2D eigenvalue weighted by atomic mass is 9.94. The summed E-state index contributed by atoms with van der Waals surface area (Å²) in [6.45, 7) is 0.811. The Morgan fingerprint density at radius 1 is 1.19 bits per heavy atom. The molecule has 0 radical (unpaired) electrons. The van der Waals surface area contributed by atoms with Crippen molar-refractivity contribution < 1.29 is 13.6 Å². The first-order valence-electron chi connectivity index (χ1n) is 9.59. The second kappa shape index (κ2) is 7.38. The zero-order valence-electron chi connectivity index (χ0n) is 15.2. The van der Waals surface area contributed by atoms with Gasteiger partial charge in [0.2, 0.25) is 5.91 Å². The van der Waals surface area contributed by atoms with Gasteiger partial charge in [0, 0.05) is 30.3 Å². The third-order valence-electron chi connectivity index (χ3n) is 5.80. The van der Waals surface area contributed by atoms with Crippen LogP contribution in [-0.2, 0) is 17.8 Å². The van der Waals surface area contributed by atoms with E-state index in [9.17, 15) is 13.6 Å². The summed E-state index contributed by atoms with van der Waals surface area (Å²) in [5.74, 6) is -2.07. The second-order valence-corrected chi connectivity index (χ2v) is 7.46. The van der Waals surface area contributed by atoms with Gasteiger partial charge < -0.3 is 15.2 Å². The largest absolute Gasteiger partial charge is 0.335 e. The number of benzene rings is 1. The fourth-order valence-electron chi connectivity index (χ4n) is 4.32. The Labute approximate surface area is 157 Å². The summed E-state index contributed by atoms with van der Waals surface area (Å²) in [5.41, 5.74) is 7.58. The maximum absolute atomic E-state index is 14.0. The predicted octanol–water partition coefficient (Wildman–Crippen LogP) is 3.25. The van der Waals surface area contributed by atoms with Crippen LogP contribution < -0.4 is 5.73 Å². The first kappa shape index (κ1) is 18.1. The number of hydrogen-bond acceptors (Lipinski definition) is 3. The van der Waals surface area contributed by atoms with Crippen molar-refractivity contribution in [3.05, 3.63) is 53.1 Å². The van der Waals surface area contributed by atoms with Gasteiger partial charge in [-0.3, -0.25) is 4.79 Å². The first-order valence-corrected chi connectivity index (χ1v) is 9.59. The number of halogens is 2. The molecule has 1 amide bonds. The highest BCUT2D eigenvalue weighted by molar-refractivity contribution is 5.83. The van der Waals surface area contributed by atoms with E-state index in [2.05, 4.69) is 9.55 Å². The standard InChI is InChI=1S/C20H24F2N4O/c21-14-7-4-8-15(22)18(14)19(23)20(27)25-10-9-17-16(11-25)24-12-26(17)13-5-2-1-3-6-13/h4,7-8,12-13,19H,1-3,5-6,9-11,23H2. The van der Waals surface area contributed by atoms with Gasteiger partial charge in [0.15, 0.2) is 0 Å². The smallest absolute Gasteiger partial charge is 0.244 e. The third kappa shape index (κ3) is 3.36. The number of rotatable bonds is 3. The van der Waals surface area contributed by atoms with Gasteiger partial charge in [0.1, 0.15) is 17.7 Å². The number of nitrogens with zero attached hydrogens (tertiary/aromatic N) is 3. The molecule has 0 bridgehead atoms. The van der Waals surface area contributed by atoms with Gasteiger partial charge in [-0.15, -0.1) is 0 Å². The summed E-state index contributed by atoms with van der Waals surface area (Å²) >= 11 is 0. The molecule has 1 aliphatic heterocycles. The average molecular weight is 374 g/mol. The van der Waals surface area contributed by atoms with Crippen LogP contribution in [-0.4, -0.2) is 26.9 Å². The molecule has 27 heavy (non-hydrogen) atoms. The van der Waals surface area contributed by atoms with Crippen LogP contribution >= 0.6 is 0 Å². The molecular formula is C20H24F2N4O. The Kier molecular flexibility index (Phi) is 4.95. The van der Waals surface area contributed by atoms with E-state index in [-0.39, 0.29) is 5.56 Å². The number of carbonyl (C=O) groups is 1. The number of aromatic nitrogens is 2. The first-order chi connectivity index (χ1) is 13.1. The SMILES string of the molecule is NC(C(=O)N1CCc2c(ncn2C2CCCCC2)C1)c1c(F)cccc1F. The van der Waals surface area contributed by atoms with Gasteiger partial charge in [-0.05, 0) is 25.0 Å². The number of carbonyl (C=O) groups excluding carboxylic acids is 1. The quantitative estimate of drug-likeness (QED) is 0.897. The summed E-state index contributed by atoms with van der Waals surface area (Å²) < 4.78 is 30.2. The normalized spacial score (nSPS) is 19.0. The molecule has 2 aromatic rings. The fourth-order valence-corrected chi connectivity index (χ4v) is 4.32. The van der Waals surface area contributed by atoms with Crippen molar-refractivity contribution in [2.45, 2.75) is 57.2 Å². The summed E-state index contributed by atoms with van der Waals surface area (Å²) in [4.78, 5) is 18.8. The van der Waals surface area contributed by atoms with E-state index in [1.54, 1.807) is 4.90 Å². The molecule has 2 heterocycles. The van der Waals surface area contributed by atoms with Crippen LogP contribution in [0.15, 0.2) is 24.5 Å². The van der Waals surface area contributed by atoms with Crippen LogP contribution in [0.4, 0.5) is 8.78 Å². The van der Waals surface area contributed by atoms with E-state index in [4.69, 9.17) is 5.73 Å². The zero-order valence-corrected chi connectivity index (χ0v) is 15.2. The van der Waals surface area contributed by atoms with Gasteiger partial charge in [0.05, 0.1) is 18.6 Å². The minimum Gasteiger partial charge on any atom is -0.335 e. The minimum absolute atomic E-state index is 0.331. The van der Waals surface area contributed by atoms with Gasteiger partial charge in [-0.1, -0.05) is 25.3 Å². The molecule has 1 aromatic heterocycles. The Morgan fingerprint density at radius 3 is 2.59 bits per heavy atom. The molecule has 144 valence electrons. The van der Waals surface area contributed by atoms with Crippen LogP contribution in [0.25, 0.3) is 0 Å². The molecule has 0 saturated heterocycles. The molecule has 1 unspecified atom stereocenters. The lowest BCUT2D eigenvalue weighted by molar-refractivity contribution is -0.133. The highest BCUT2D eigenvalue weighted by Gasteiger charge is 2.32. The van der Waals surface area contributed by atoms with E-state index in [1.165, 1.54) is 43.9 Å². The third-order valence-corrected chi connectivity index (χ3v) is 5.80. The molecule has 2 aliphatic rings. The summed E-state index contributed by atoms with van der Waals surface area (Å²) in [6, 6.07) is 2.63. The van der Waals surface area contributed by atoms with Crippen molar-refractivity contribution in [3.8, 4) is 0 Å². The summed E-state index contributed by atoms with van der Waals surface area (Å²) in [6.07, 6.45) is 8.68. The number of hydrogen-bond donors (Lipinski definition) is 1. The molecular weight excluding hydrogens is 350 g/mol. The van der Waals surface area contributed by atoms with E-state index in [0.717, 1.165) is 17.8 Å². The van der Waals surface area contributed by atoms with E-state index in [0.29, 0.717) is 25.6 Å². The van der Waals surface area contributed by atoms with Gasteiger partial charge in [-0.25, -0.2) is 13.8 Å². The number of imidazole rings is 1. The van der Waals surface area contributed by atoms with Gasteiger partial charge >= 0.3 is 0 Å². The number of fused-ring (bicyclic) bond motifs is 1. The Hall–Kier alpha value is -2.28. The van der Waals surface area contributed by atoms with Crippen LogP contribution in [0, 0.1) is 11.6 Å². The Morgan fingerprint density at radius 2 is 1.89 bits per heavy atom. The maximum atomic E-state index is 14.0. The van der Waals surface area contributed by atoms with Crippen molar-refractivity contribution in [2.24, 2.45) is 5.73 Å². The molecule has 2 N–H and O–H groups in total. The maximum Gasteiger partial charge on any atom is 0.244 e. The molecule has 5 nitrogen and oxygen atoms in total. The summed E-state index contributed by atoms with van der Waals surface area (Å²) in [7, 11) is 0. The van der Waals surface area contributed by atoms with Gasteiger partial charge in [-0.2, -0.15) is 0 Å². The molecule has 1 atom stereocenters. The van der Waals surface area contributed by atoms with Crippen molar-refractivity contribution >= 4 is 5.91 Å². The summed E-state index contributed by atoms with van der Waals surface area (Å²) in [5, 5.41) is 0. The van der Waals surface area contributed by atoms with Crippen molar-refractivity contribution in [3.63, 3.8) is 0 Å². The van der Waals surface area contributed by atoms with E-state index < -0.39 is 23.6 Å². The molecule has 0 spiro atoms. The molecule has 1 saturated carbocycles. The highest BCUT2D eigenvalue weighted by Crippen LogP contribution is 2.32. The second-order valence-electron chi connectivity index (χ2n) is 7.46. The molecule has 1 aromatic carbocycles. The minimum atomic E-state index is -1.35. The van der Waals surface area contributed by atoms with Gasteiger partial charge in [0.25, 0.3) is 0 Å². The molecule has 7 heteroatoms. The van der Waals surface area contributed by atoms with Crippen LogP contribution in [0.3, 0.4) is 0 Å². The molecule has 4 rings (SSSR count). The predicted molar refractivity (Wildman–Crippen MR) is 96.8 cm³/mol. The van der Waals surface area contributed by atoms with Crippen LogP contribution in [0.2, 0.25) is 0 Å². The number of nitrogens with two attached hydrogens (primary N) is 1. The van der Waals surface area contributed by atoms with Crippen LogP contribution in [0.1, 0.15) is 61.1 Å². The Balaban J connectivity index is 1.51. The Bertz CT molecular complexity index is 824. The highest BCUT2D eigenvalue weighted by atomic mass is 19.1. The monoisotopic (exact) mass is 374 g/mol. The number of amides is 1. The lowest BCUT2D eigenvalue weighted by Crippen LogP contribution is -2.42. The molecule has 1 aliphatic carbocycles. The average Bonchev–Trinajstić information content (AvgIpc) is 3.11. The molecule has 1 fully saturated rings. The van der Waals surface area contributed by atoms with Crippen molar-refractivity contribution in [2.75, 3.05) is 6.54 Å². The van der Waals surface area contributed by atoms with E-state index >= 15 is 0 Å². The lowest BCUT2D eigenvalue weighted by Gasteiger charge is -2.31. The fraction of sp³-hybridized carbons (Fsp3) is 0.500. The zero-order chi connectivity index (χ0) is 19.0. The van der Waals surface area contributed by atoms with Crippen LogP contribution in [0.5, 0.6) is 0 Å². The topological polar surface area (TPSA) is 64.2 Å².